The second-order valence-electron chi connectivity index (χ2n) is 7.86. The Morgan fingerprint density at radius 3 is 2.57 bits per heavy atom. The summed E-state index contributed by atoms with van der Waals surface area (Å²) in [5.41, 5.74) is 0.930. The number of likely N-dealkylation sites (tertiary alicyclic amines) is 1. The van der Waals surface area contributed by atoms with E-state index in [-0.39, 0.29) is 5.41 Å². The summed E-state index contributed by atoms with van der Waals surface area (Å²) in [5.74, 6) is 1.98. The third-order valence-corrected chi connectivity index (χ3v) is 4.87. The Hall–Kier alpha value is -1.20. The Balaban J connectivity index is 1.79. The smallest absolute Gasteiger partial charge is 0.136 e. The van der Waals surface area contributed by atoms with Crippen molar-refractivity contribution in [1.29, 1.82) is 0 Å². The highest BCUT2D eigenvalue weighted by Gasteiger charge is 2.30. The average molecular weight is 318 g/mol. The zero-order valence-electron chi connectivity index (χ0n) is 15.0. The highest BCUT2D eigenvalue weighted by Crippen LogP contribution is 2.27. The summed E-state index contributed by atoms with van der Waals surface area (Å²) in [6.45, 7) is 11.8. The molecular weight excluding hydrogens is 288 g/mol. The number of hydrogen-bond donors (Lipinski definition) is 0. The van der Waals surface area contributed by atoms with Crippen molar-refractivity contribution in [3.63, 3.8) is 0 Å². The normalized spacial score (nSPS) is 23.0. The third kappa shape index (κ3) is 3.83. The number of ether oxygens (including phenoxy) is 1. The number of anilines is 1. The van der Waals surface area contributed by atoms with Gasteiger partial charge in [-0.05, 0) is 32.4 Å². The average Bonchev–Trinajstić information content (AvgIpc) is 3.17. The molecule has 1 aromatic rings. The van der Waals surface area contributed by atoms with Gasteiger partial charge < -0.3 is 9.64 Å². The fourth-order valence-corrected chi connectivity index (χ4v) is 3.56. The van der Waals surface area contributed by atoms with Gasteiger partial charge in [0.05, 0.1) is 12.3 Å². The van der Waals surface area contributed by atoms with Crippen molar-refractivity contribution in [2.45, 2.75) is 58.1 Å². The van der Waals surface area contributed by atoms with Crippen molar-refractivity contribution in [3.05, 3.63) is 17.6 Å². The van der Waals surface area contributed by atoms with Gasteiger partial charge in [-0.2, -0.15) is 0 Å². The highest BCUT2D eigenvalue weighted by molar-refractivity contribution is 5.42. The molecule has 0 saturated carbocycles. The minimum Gasteiger partial charge on any atom is -0.378 e. The van der Waals surface area contributed by atoms with Gasteiger partial charge in [0.25, 0.3) is 0 Å². The molecule has 2 aliphatic heterocycles. The fourth-order valence-electron chi connectivity index (χ4n) is 3.56. The van der Waals surface area contributed by atoms with Crippen LogP contribution in [0.2, 0.25) is 0 Å². The fraction of sp³-hybridized carbons (Fsp3) is 0.778. The quantitative estimate of drug-likeness (QED) is 0.853. The van der Waals surface area contributed by atoms with Crippen LogP contribution in [-0.4, -0.2) is 54.2 Å². The summed E-state index contributed by atoms with van der Waals surface area (Å²) in [6.07, 6.45) is 3.96. The summed E-state index contributed by atoms with van der Waals surface area (Å²) in [7, 11) is 1.72. The molecule has 0 radical (unpaired) electrons. The van der Waals surface area contributed by atoms with Crippen LogP contribution in [0.15, 0.2) is 6.07 Å². The zero-order valence-corrected chi connectivity index (χ0v) is 15.0. The van der Waals surface area contributed by atoms with Gasteiger partial charge in [-0.15, -0.1) is 0 Å². The largest absolute Gasteiger partial charge is 0.378 e. The van der Waals surface area contributed by atoms with Crippen molar-refractivity contribution in [3.8, 4) is 0 Å². The zero-order chi connectivity index (χ0) is 16.4. The molecule has 0 aliphatic carbocycles. The van der Waals surface area contributed by atoms with E-state index in [2.05, 4.69) is 41.6 Å². The van der Waals surface area contributed by atoms with E-state index in [1.807, 2.05) is 0 Å². The number of nitrogens with zero attached hydrogens (tertiary/aromatic N) is 4. The molecule has 3 rings (SSSR count). The van der Waals surface area contributed by atoms with Crippen LogP contribution in [0, 0.1) is 0 Å². The van der Waals surface area contributed by atoms with Crippen LogP contribution in [0.25, 0.3) is 0 Å². The molecule has 2 aliphatic rings. The van der Waals surface area contributed by atoms with Gasteiger partial charge in [0, 0.05) is 37.7 Å². The first kappa shape index (κ1) is 16.7. The first-order chi connectivity index (χ1) is 11.0. The van der Waals surface area contributed by atoms with Gasteiger partial charge in [0.2, 0.25) is 0 Å². The van der Waals surface area contributed by atoms with E-state index in [9.17, 15) is 0 Å². The summed E-state index contributed by atoms with van der Waals surface area (Å²) >= 11 is 0. The standard InChI is InChI=1S/C18H30N4O/c1-18(2,3)17-19-14(13-23-4)11-16(20-17)22-10-7-15(12-22)21-8-5-6-9-21/h11,15H,5-10,12-13H2,1-4H3. The van der Waals surface area contributed by atoms with Crippen LogP contribution in [-0.2, 0) is 16.8 Å². The summed E-state index contributed by atoms with van der Waals surface area (Å²) < 4.78 is 5.30. The third-order valence-electron chi connectivity index (χ3n) is 4.87. The minimum atomic E-state index is -0.0490. The lowest BCUT2D eigenvalue weighted by Crippen LogP contribution is -2.35. The van der Waals surface area contributed by atoms with Crippen molar-refractivity contribution in [2.24, 2.45) is 0 Å². The number of methoxy groups -OCH3 is 1. The van der Waals surface area contributed by atoms with Crippen LogP contribution >= 0.6 is 0 Å². The molecule has 3 heterocycles. The summed E-state index contributed by atoms with van der Waals surface area (Å²) in [6, 6.07) is 2.79. The van der Waals surface area contributed by atoms with Crippen molar-refractivity contribution in [2.75, 3.05) is 38.2 Å². The van der Waals surface area contributed by atoms with E-state index in [0.717, 1.165) is 30.4 Å². The second kappa shape index (κ2) is 6.73. The first-order valence-electron chi connectivity index (χ1n) is 8.84. The van der Waals surface area contributed by atoms with E-state index < -0.39 is 0 Å². The van der Waals surface area contributed by atoms with Gasteiger partial charge in [-0.25, -0.2) is 9.97 Å². The molecule has 0 bridgehead atoms. The van der Waals surface area contributed by atoms with Crippen molar-refractivity contribution < 1.29 is 4.74 Å². The van der Waals surface area contributed by atoms with Gasteiger partial charge in [0.1, 0.15) is 11.6 Å². The minimum absolute atomic E-state index is 0.0490. The molecular formula is C18H30N4O. The SMILES string of the molecule is COCc1cc(N2CCC(N3CCCC3)C2)nc(C(C)(C)C)n1. The highest BCUT2D eigenvalue weighted by atomic mass is 16.5. The maximum atomic E-state index is 5.30. The maximum absolute atomic E-state index is 5.30. The lowest BCUT2D eigenvalue weighted by Gasteiger charge is -2.25. The first-order valence-corrected chi connectivity index (χ1v) is 8.84. The van der Waals surface area contributed by atoms with Gasteiger partial charge in [-0.3, -0.25) is 4.90 Å². The predicted octanol–water partition coefficient (Wildman–Crippen LogP) is 2.60. The molecule has 23 heavy (non-hydrogen) atoms. The molecule has 0 spiro atoms. The molecule has 2 fully saturated rings. The van der Waals surface area contributed by atoms with Crippen LogP contribution in [0.3, 0.4) is 0 Å². The Morgan fingerprint density at radius 2 is 1.91 bits per heavy atom. The van der Waals surface area contributed by atoms with E-state index in [1.165, 1.54) is 32.4 Å². The van der Waals surface area contributed by atoms with E-state index in [0.29, 0.717) is 12.6 Å². The number of rotatable bonds is 4. The maximum Gasteiger partial charge on any atom is 0.136 e. The topological polar surface area (TPSA) is 41.5 Å². The molecule has 1 atom stereocenters. The van der Waals surface area contributed by atoms with Crippen molar-refractivity contribution in [1.82, 2.24) is 14.9 Å². The van der Waals surface area contributed by atoms with Crippen LogP contribution in [0.1, 0.15) is 51.6 Å². The van der Waals surface area contributed by atoms with Gasteiger partial charge in [0.15, 0.2) is 0 Å². The van der Waals surface area contributed by atoms with Crippen molar-refractivity contribution >= 4 is 5.82 Å². The van der Waals surface area contributed by atoms with E-state index >= 15 is 0 Å². The van der Waals surface area contributed by atoms with Gasteiger partial charge in [-0.1, -0.05) is 20.8 Å². The molecule has 1 aromatic heterocycles. The number of hydrogen-bond acceptors (Lipinski definition) is 5. The van der Waals surface area contributed by atoms with Crippen LogP contribution in [0.4, 0.5) is 5.82 Å². The monoisotopic (exact) mass is 318 g/mol. The molecule has 1 unspecified atom stereocenters. The lowest BCUT2D eigenvalue weighted by atomic mass is 9.95. The molecule has 2 saturated heterocycles. The number of aromatic nitrogens is 2. The Bertz CT molecular complexity index is 534. The molecule has 5 nitrogen and oxygen atoms in total. The molecule has 5 heteroatoms. The van der Waals surface area contributed by atoms with Crippen LogP contribution < -0.4 is 4.90 Å². The Morgan fingerprint density at radius 1 is 1.17 bits per heavy atom. The molecule has 0 aromatic carbocycles. The Kier molecular flexibility index (Phi) is 4.87. The lowest BCUT2D eigenvalue weighted by molar-refractivity contribution is 0.181. The molecule has 0 N–H and O–H groups in total. The van der Waals surface area contributed by atoms with E-state index in [4.69, 9.17) is 9.72 Å². The molecule has 0 amide bonds. The predicted molar refractivity (Wildman–Crippen MR) is 92.9 cm³/mol. The van der Waals surface area contributed by atoms with Crippen LogP contribution in [0.5, 0.6) is 0 Å². The van der Waals surface area contributed by atoms with E-state index in [1.54, 1.807) is 7.11 Å². The summed E-state index contributed by atoms with van der Waals surface area (Å²) in [4.78, 5) is 14.6. The molecule has 128 valence electrons. The van der Waals surface area contributed by atoms with Gasteiger partial charge >= 0.3 is 0 Å². The Labute approximate surface area is 140 Å². The summed E-state index contributed by atoms with van der Waals surface area (Å²) in [5, 5.41) is 0. The second-order valence-corrected chi connectivity index (χ2v) is 7.86.